The number of hydrogen-bond acceptors (Lipinski definition) is 6. The van der Waals surface area contributed by atoms with Crippen LogP contribution in [0.2, 0.25) is 0 Å². The van der Waals surface area contributed by atoms with Crippen LogP contribution < -0.4 is 5.32 Å². The molecule has 5 atom stereocenters. The van der Waals surface area contributed by atoms with E-state index in [1.807, 2.05) is 37.3 Å². The van der Waals surface area contributed by atoms with E-state index in [9.17, 15) is 14.4 Å². The quantitative estimate of drug-likeness (QED) is 0.535. The van der Waals surface area contributed by atoms with Gasteiger partial charge in [-0.2, -0.15) is 0 Å². The van der Waals surface area contributed by atoms with Gasteiger partial charge in [-0.3, -0.25) is 14.9 Å². The number of ether oxygens (including phenoxy) is 2. The molecule has 0 unspecified atom stereocenters. The molecule has 1 aromatic rings. The normalized spacial score (nSPS) is 27.1. The highest BCUT2D eigenvalue weighted by Gasteiger charge is 2.49. The van der Waals surface area contributed by atoms with Gasteiger partial charge in [-0.05, 0) is 50.9 Å². The lowest BCUT2D eigenvalue weighted by atomic mass is 9.84. The molecule has 0 spiro atoms. The Labute approximate surface area is 202 Å². The van der Waals surface area contributed by atoms with Crippen molar-refractivity contribution in [2.24, 2.45) is 5.92 Å². The zero-order chi connectivity index (χ0) is 27.2. The molecule has 2 aliphatic rings. The molecule has 1 amide bonds. The summed E-state index contributed by atoms with van der Waals surface area (Å²) in [6, 6.07) is 3.80. The fourth-order valence-electron chi connectivity index (χ4n) is 4.93. The van der Waals surface area contributed by atoms with Gasteiger partial charge in [0, 0.05) is 10.2 Å². The molecule has 1 saturated heterocycles. The minimum absolute atomic E-state index is 0.0179. The van der Waals surface area contributed by atoms with E-state index in [-0.39, 0.29) is 31.6 Å². The van der Waals surface area contributed by atoms with Crippen LogP contribution in [-0.4, -0.2) is 53.5 Å². The largest absolute Gasteiger partial charge is 0.465 e. The second-order valence-electron chi connectivity index (χ2n) is 8.78. The molecular weight excluding hydrogens is 420 g/mol. The Hall–Kier alpha value is -2.41. The molecule has 0 radical (unpaired) electrons. The number of likely N-dealkylation sites (tertiary alicyclic amines) is 1. The lowest BCUT2D eigenvalue weighted by Crippen LogP contribution is -2.55. The zero-order valence-electron chi connectivity index (χ0n) is 23.5. The molecule has 1 heterocycles. The van der Waals surface area contributed by atoms with Gasteiger partial charge >= 0.3 is 11.9 Å². The SMILES string of the molecule is [2H]C([2H])([2H])[C@]([2H])(N[C@@H](CCC)C(=O)OCC)C(=O)N1[C@H](C(=O)OCc2ccccc2)C[C@@H]2CCCC[C@@H]21. The highest BCUT2D eigenvalue weighted by Crippen LogP contribution is 2.40. The van der Waals surface area contributed by atoms with Gasteiger partial charge in [0.05, 0.1) is 14.0 Å². The fourth-order valence-corrected chi connectivity index (χ4v) is 4.93. The molecule has 1 saturated carbocycles. The molecule has 7 nitrogen and oxygen atoms in total. The van der Waals surface area contributed by atoms with E-state index in [4.69, 9.17) is 15.0 Å². The first kappa shape index (κ1) is 20.0. The summed E-state index contributed by atoms with van der Waals surface area (Å²) in [6.07, 6.45) is 4.28. The van der Waals surface area contributed by atoms with E-state index in [2.05, 4.69) is 5.32 Å². The molecular formula is C26H38N2O5. The highest BCUT2D eigenvalue weighted by molar-refractivity contribution is 5.89. The standard InChI is InChI=1S/C26H38N2O5/c1-4-11-21(25(30)32-5-2)27-18(3)24(29)28-22-15-10-9-14-20(22)16-23(28)26(31)33-17-19-12-7-6-8-13-19/h6-8,12-13,18,20-23,27H,4-5,9-11,14-17H2,1-3H3/t18-,20-,21-,22-,23-/m0/s1/i3D3,18D. The van der Waals surface area contributed by atoms with Crippen LogP contribution >= 0.6 is 0 Å². The number of carbonyl (C=O) groups is 3. The van der Waals surface area contributed by atoms with Crippen molar-refractivity contribution in [3.8, 4) is 0 Å². The minimum Gasteiger partial charge on any atom is -0.465 e. The van der Waals surface area contributed by atoms with Gasteiger partial charge in [0.25, 0.3) is 0 Å². The van der Waals surface area contributed by atoms with Crippen molar-refractivity contribution in [3.05, 3.63) is 35.9 Å². The molecule has 1 aliphatic heterocycles. The molecule has 0 bridgehead atoms. The molecule has 182 valence electrons. The predicted molar refractivity (Wildman–Crippen MR) is 125 cm³/mol. The average molecular weight is 463 g/mol. The van der Waals surface area contributed by atoms with Crippen LogP contribution in [0.25, 0.3) is 0 Å². The van der Waals surface area contributed by atoms with Crippen LogP contribution in [0.1, 0.15) is 76.7 Å². The van der Waals surface area contributed by atoms with E-state index in [1.54, 1.807) is 6.92 Å². The van der Waals surface area contributed by atoms with Gasteiger partial charge in [-0.25, -0.2) is 4.79 Å². The summed E-state index contributed by atoms with van der Waals surface area (Å²) in [4.78, 5) is 41.1. The van der Waals surface area contributed by atoms with Gasteiger partial charge in [-0.15, -0.1) is 0 Å². The van der Waals surface area contributed by atoms with E-state index in [1.165, 1.54) is 4.90 Å². The Morgan fingerprint density at radius 1 is 1.18 bits per heavy atom. The molecule has 1 N–H and O–H groups in total. The number of carbonyl (C=O) groups excluding carboxylic acids is 3. The Morgan fingerprint density at radius 3 is 2.64 bits per heavy atom. The highest BCUT2D eigenvalue weighted by atomic mass is 16.5. The summed E-state index contributed by atoms with van der Waals surface area (Å²) >= 11 is 0. The molecule has 0 aromatic heterocycles. The van der Waals surface area contributed by atoms with Gasteiger partial charge in [-0.1, -0.05) is 56.5 Å². The van der Waals surface area contributed by atoms with E-state index in [0.29, 0.717) is 19.3 Å². The molecule has 2 fully saturated rings. The maximum Gasteiger partial charge on any atom is 0.329 e. The van der Waals surface area contributed by atoms with Gasteiger partial charge in [0.2, 0.25) is 5.91 Å². The molecule has 1 aromatic carbocycles. The third-order valence-electron chi connectivity index (χ3n) is 6.50. The summed E-state index contributed by atoms with van der Waals surface area (Å²) in [6.45, 7) is 0.427. The van der Waals surface area contributed by atoms with Crippen molar-refractivity contribution in [3.63, 3.8) is 0 Å². The third kappa shape index (κ3) is 6.34. The van der Waals surface area contributed by atoms with E-state index >= 15 is 0 Å². The van der Waals surface area contributed by atoms with Crippen LogP contribution in [0.5, 0.6) is 0 Å². The summed E-state index contributed by atoms with van der Waals surface area (Å²) in [5.41, 5.74) is 0.792. The van der Waals surface area contributed by atoms with Crippen LogP contribution in [0.4, 0.5) is 0 Å². The average Bonchev–Trinajstić information content (AvgIpc) is 3.26. The Kier molecular flexibility index (Phi) is 7.37. The lowest BCUT2D eigenvalue weighted by molar-refractivity contribution is -0.157. The van der Waals surface area contributed by atoms with Crippen molar-refractivity contribution in [2.45, 2.75) is 96.4 Å². The monoisotopic (exact) mass is 462 g/mol. The zero-order valence-corrected chi connectivity index (χ0v) is 19.5. The first-order chi connectivity index (χ1) is 17.5. The predicted octanol–water partition coefficient (Wildman–Crippen LogP) is 3.60. The van der Waals surface area contributed by atoms with Crippen LogP contribution in [0.15, 0.2) is 30.3 Å². The minimum atomic E-state index is -3.12. The van der Waals surface area contributed by atoms with Gasteiger partial charge in [0.15, 0.2) is 0 Å². The second kappa shape index (κ2) is 12.2. The molecule has 33 heavy (non-hydrogen) atoms. The van der Waals surface area contributed by atoms with Crippen molar-refractivity contribution in [1.29, 1.82) is 0 Å². The second-order valence-corrected chi connectivity index (χ2v) is 8.78. The Balaban J connectivity index is 1.91. The molecule has 3 rings (SSSR count). The fraction of sp³-hybridized carbons (Fsp3) is 0.654. The van der Waals surface area contributed by atoms with Crippen LogP contribution in [-0.2, 0) is 30.5 Å². The van der Waals surface area contributed by atoms with Crippen molar-refractivity contribution in [2.75, 3.05) is 6.61 Å². The lowest BCUT2D eigenvalue weighted by Gasteiger charge is -2.35. The number of nitrogens with one attached hydrogen (secondary N) is 1. The first-order valence-corrected chi connectivity index (χ1v) is 12.0. The first-order valence-electron chi connectivity index (χ1n) is 14.0. The van der Waals surface area contributed by atoms with E-state index in [0.717, 1.165) is 24.8 Å². The molecule has 7 heteroatoms. The van der Waals surface area contributed by atoms with Crippen molar-refractivity contribution < 1.29 is 29.3 Å². The number of rotatable bonds is 10. The van der Waals surface area contributed by atoms with Crippen LogP contribution in [0, 0.1) is 5.92 Å². The van der Waals surface area contributed by atoms with Gasteiger partial charge in [0.1, 0.15) is 18.7 Å². The summed E-state index contributed by atoms with van der Waals surface area (Å²) in [5, 5.41) is 2.53. The number of amides is 1. The summed E-state index contributed by atoms with van der Waals surface area (Å²) in [7, 11) is 0. The maximum absolute atomic E-state index is 14.0. The number of nitrogens with zero attached hydrogens (tertiary/aromatic N) is 1. The molecule has 1 aliphatic carbocycles. The Bertz CT molecular complexity index is 945. The number of hydrogen-bond donors (Lipinski definition) is 1. The number of benzene rings is 1. The van der Waals surface area contributed by atoms with Crippen molar-refractivity contribution >= 4 is 17.8 Å². The van der Waals surface area contributed by atoms with Crippen molar-refractivity contribution in [1.82, 2.24) is 10.2 Å². The number of fused-ring (bicyclic) bond motifs is 1. The van der Waals surface area contributed by atoms with Gasteiger partial charge < -0.3 is 14.4 Å². The maximum atomic E-state index is 14.0. The number of esters is 2. The topological polar surface area (TPSA) is 84.9 Å². The smallest absolute Gasteiger partial charge is 0.329 e. The third-order valence-corrected chi connectivity index (χ3v) is 6.50. The summed E-state index contributed by atoms with van der Waals surface area (Å²) < 4.78 is 43.9. The van der Waals surface area contributed by atoms with Crippen LogP contribution in [0.3, 0.4) is 0 Å². The van der Waals surface area contributed by atoms with E-state index < -0.39 is 42.8 Å². The Morgan fingerprint density at radius 2 is 1.94 bits per heavy atom. The summed E-state index contributed by atoms with van der Waals surface area (Å²) in [5.74, 6) is -2.35.